The first-order valence-electron chi connectivity index (χ1n) is 7.16. The molecule has 1 aromatic heterocycles. The fourth-order valence-electron chi connectivity index (χ4n) is 2.21. The van der Waals surface area contributed by atoms with Gasteiger partial charge in [-0.15, -0.1) is 22.0 Å². The lowest BCUT2D eigenvalue weighted by atomic mass is 10.1. The average molecular weight is 334 g/mol. The van der Waals surface area contributed by atoms with Crippen molar-refractivity contribution in [1.82, 2.24) is 20.6 Å². The van der Waals surface area contributed by atoms with Gasteiger partial charge in [0.2, 0.25) is 5.82 Å². The number of hydrogen-bond donors (Lipinski definition) is 2. The topological polar surface area (TPSA) is 90.3 Å². The third-order valence-corrected chi connectivity index (χ3v) is 4.19. The zero-order chi connectivity index (χ0) is 16.8. The molecule has 0 spiro atoms. The highest BCUT2D eigenvalue weighted by molar-refractivity contribution is 7.98. The summed E-state index contributed by atoms with van der Waals surface area (Å²) in [5.74, 6) is 0.260. The highest BCUT2D eigenvalue weighted by Gasteiger charge is 2.06. The summed E-state index contributed by atoms with van der Waals surface area (Å²) in [6.45, 7) is 0. The Morgan fingerprint density at radius 1 is 1.21 bits per heavy atom. The second kappa shape index (κ2) is 7.44. The molecule has 0 atom stereocenters. The maximum atomic E-state index is 9.14. The first-order valence-corrected chi connectivity index (χ1v) is 8.38. The summed E-state index contributed by atoms with van der Waals surface area (Å²) in [7, 11) is 0. The second-order valence-electron chi connectivity index (χ2n) is 4.83. The van der Waals surface area contributed by atoms with Crippen LogP contribution in [0.2, 0.25) is 0 Å². The molecule has 2 aromatic carbocycles. The molecule has 0 amide bonds. The number of aromatic amines is 1. The molecule has 0 saturated heterocycles. The molecule has 0 fully saturated rings. The number of thioether (sulfide) groups is 1. The van der Waals surface area contributed by atoms with E-state index in [0.717, 1.165) is 11.3 Å². The third-order valence-electron chi connectivity index (χ3n) is 3.39. The molecule has 3 aromatic rings. The fourth-order valence-corrected chi connectivity index (χ4v) is 2.83. The highest BCUT2D eigenvalue weighted by atomic mass is 32.2. The van der Waals surface area contributed by atoms with Crippen LogP contribution in [0.15, 0.2) is 59.6 Å². The molecule has 0 aliphatic heterocycles. The van der Waals surface area contributed by atoms with Gasteiger partial charge in [0.05, 0.1) is 0 Å². The Labute approximate surface area is 143 Å². The van der Waals surface area contributed by atoms with Crippen molar-refractivity contribution < 1.29 is 0 Å². The smallest absolute Gasteiger partial charge is 0.216 e. The van der Waals surface area contributed by atoms with Crippen molar-refractivity contribution in [2.45, 2.75) is 4.90 Å². The Morgan fingerprint density at radius 3 is 2.67 bits per heavy atom. The molecule has 118 valence electrons. The summed E-state index contributed by atoms with van der Waals surface area (Å²) in [4.78, 5) is 1.24. The summed E-state index contributed by atoms with van der Waals surface area (Å²) in [5.41, 5.74) is 3.53. The molecular weight excluding hydrogens is 320 g/mol. The van der Waals surface area contributed by atoms with Crippen molar-refractivity contribution in [1.29, 1.82) is 5.26 Å². The van der Waals surface area contributed by atoms with Gasteiger partial charge in [0.25, 0.3) is 0 Å². The quantitative estimate of drug-likeness (QED) is 0.547. The molecule has 0 saturated carbocycles. The van der Waals surface area contributed by atoms with Gasteiger partial charge in [-0.2, -0.15) is 10.5 Å². The minimum atomic E-state index is 0.260. The lowest BCUT2D eigenvalue weighted by Crippen LogP contribution is -1.93. The van der Waals surface area contributed by atoms with Crippen LogP contribution in [0.25, 0.3) is 16.7 Å². The summed E-state index contributed by atoms with van der Waals surface area (Å²) in [6.07, 6.45) is 3.64. The van der Waals surface area contributed by atoms with E-state index in [1.165, 1.54) is 10.5 Å². The van der Waals surface area contributed by atoms with Crippen molar-refractivity contribution in [2.75, 3.05) is 11.6 Å². The Morgan fingerprint density at radius 2 is 2.00 bits per heavy atom. The zero-order valence-electron chi connectivity index (χ0n) is 12.9. The summed E-state index contributed by atoms with van der Waals surface area (Å²) < 4.78 is 0. The first kappa shape index (κ1) is 15.8. The maximum absolute atomic E-state index is 9.14. The van der Waals surface area contributed by atoms with Gasteiger partial charge in [-0.3, -0.25) is 0 Å². The molecule has 24 heavy (non-hydrogen) atoms. The van der Waals surface area contributed by atoms with Gasteiger partial charge in [-0.05, 0) is 40.8 Å². The van der Waals surface area contributed by atoms with Gasteiger partial charge < -0.3 is 5.32 Å². The molecule has 6 nitrogen and oxygen atoms in total. The molecule has 0 unspecified atom stereocenters. The van der Waals surface area contributed by atoms with E-state index in [1.54, 1.807) is 18.0 Å². The standard InChI is InChI=1S/C17H14N6S/c1-24-16-5-3-2-4-15(16)12-6-8-14(9-7-12)19-11-13(10-18)17-20-22-23-21-17/h2-9,11,19H,1H3,(H,20,21,22,23). The van der Waals surface area contributed by atoms with E-state index in [4.69, 9.17) is 5.26 Å². The number of H-pyrrole nitrogens is 1. The molecule has 1 heterocycles. The molecule has 0 radical (unpaired) electrons. The van der Waals surface area contributed by atoms with Crippen molar-refractivity contribution in [3.8, 4) is 17.2 Å². The number of nitrogens with one attached hydrogen (secondary N) is 2. The Hall–Kier alpha value is -3.11. The van der Waals surface area contributed by atoms with Crippen LogP contribution in [0, 0.1) is 11.3 Å². The van der Waals surface area contributed by atoms with Crippen LogP contribution >= 0.6 is 11.8 Å². The molecule has 0 bridgehead atoms. The fraction of sp³-hybridized carbons (Fsp3) is 0.0588. The van der Waals surface area contributed by atoms with Crippen LogP contribution in [0.4, 0.5) is 5.69 Å². The Balaban J connectivity index is 1.79. The lowest BCUT2D eigenvalue weighted by molar-refractivity contribution is 0.881. The van der Waals surface area contributed by atoms with Crippen LogP contribution < -0.4 is 5.32 Å². The third kappa shape index (κ3) is 3.45. The van der Waals surface area contributed by atoms with Gasteiger partial charge in [0.1, 0.15) is 11.6 Å². The number of aromatic nitrogens is 4. The zero-order valence-corrected chi connectivity index (χ0v) is 13.7. The maximum Gasteiger partial charge on any atom is 0.216 e. The van der Waals surface area contributed by atoms with Crippen molar-refractivity contribution in [3.63, 3.8) is 0 Å². The molecule has 0 aliphatic carbocycles. The largest absolute Gasteiger partial charge is 0.360 e. The summed E-state index contributed by atoms with van der Waals surface area (Å²) >= 11 is 1.73. The first-order chi connectivity index (χ1) is 11.8. The molecule has 2 N–H and O–H groups in total. The molecular formula is C17H14N6S. The SMILES string of the molecule is CSc1ccccc1-c1ccc(NC=C(C#N)c2nn[nH]n2)cc1. The van der Waals surface area contributed by atoms with E-state index < -0.39 is 0 Å². The normalized spacial score (nSPS) is 11.1. The number of nitriles is 1. The van der Waals surface area contributed by atoms with Crippen molar-refractivity contribution in [3.05, 3.63) is 60.6 Å². The van der Waals surface area contributed by atoms with E-state index in [1.807, 2.05) is 42.5 Å². The second-order valence-corrected chi connectivity index (χ2v) is 5.68. The molecule has 7 heteroatoms. The number of hydrogen-bond acceptors (Lipinski definition) is 6. The predicted molar refractivity (Wildman–Crippen MR) is 95.0 cm³/mol. The van der Waals surface area contributed by atoms with Gasteiger partial charge in [0.15, 0.2) is 0 Å². The molecule has 3 rings (SSSR count). The highest BCUT2D eigenvalue weighted by Crippen LogP contribution is 2.30. The summed E-state index contributed by atoms with van der Waals surface area (Å²) in [5, 5.41) is 25.6. The van der Waals surface area contributed by atoms with E-state index in [-0.39, 0.29) is 5.82 Å². The summed E-state index contributed by atoms with van der Waals surface area (Å²) in [6, 6.07) is 18.4. The average Bonchev–Trinajstić information content (AvgIpc) is 3.17. The number of nitrogens with zero attached hydrogens (tertiary/aromatic N) is 4. The predicted octanol–water partition coefficient (Wildman–Crippen LogP) is 3.57. The number of benzene rings is 2. The Kier molecular flexibility index (Phi) is 4.89. The number of anilines is 1. The van der Waals surface area contributed by atoms with Crippen LogP contribution in [0.5, 0.6) is 0 Å². The van der Waals surface area contributed by atoms with Crippen LogP contribution in [-0.4, -0.2) is 26.9 Å². The van der Waals surface area contributed by atoms with E-state index in [0.29, 0.717) is 5.57 Å². The number of rotatable bonds is 5. The van der Waals surface area contributed by atoms with Crippen LogP contribution in [0.3, 0.4) is 0 Å². The van der Waals surface area contributed by atoms with Gasteiger partial charge in [-0.1, -0.05) is 30.3 Å². The van der Waals surface area contributed by atoms with Crippen molar-refractivity contribution in [2.24, 2.45) is 0 Å². The van der Waals surface area contributed by atoms with Crippen molar-refractivity contribution >= 4 is 23.0 Å². The van der Waals surface area contributed by atoms with E-state index in [9.17, 15) is 0 Å². The van der Waals surface area contributed by atoms with Crippen LogP contribution in [0.1, 0.15) is 5.82 Å². The van der Waals surface area contributed by atoms with Gasteiger partial charge >= 0.3 is 0 Å². The number of tetrazole rings is 1. The molecule has 0 aliphatic rings. The van der Waals surface area contributed by atoms with E-state index in [2.05, 4.69) is 44.3 Å². The lowest BCUT2D eigenvalue weighted by Gasteiger charge is -2.08. The minimum absolute atomic E-state index is 0.260. The van der Waals surface area contributed by atoms with E-state index >= 15 is 0 Å². The van der Waals surface area contributed by atoms with Crippen LogP contribution in [-0.2, 0) is 0 Å². The van der Waals surface area contributed by atoms with Gasteiger partial charge in [0, 0.05) is 16.8 Å². The minimum Gasteiger partial charge on any atom is -0.360 e. The van der Waals surface area contributed by atoms with Gasteiger partial charge in [-0.25, -0.2) is 0 Å². The Bertz CT molecular complexity index is 878. The number of allylic oxidation sites excluding steroid dienone is 1. The monoisotopic (exact) mass is 334 g/mol.